The molecule has 0 amide bonds. The van der Waals surface area contributed by atoms with Crippen LogP contribution in [0.3, 0.4) is 0 Å². The van der Waals surface area contributed by atoms with Crippen LogP contribution in [0.15, 0.2) is 40.5 Å². The van der Waals surface area contributed by atoms with Crippen molar-refractivity contribution in [1.29, 1.82) is 0 Å². The first-order valence-corrected chi connectivity index (χ1v) is 9.08. The van der Waals surface area contributed by atoms with Gasteiger partial charge in [0, 0.05) is 34.7 Å². The number of halogens is 1. The Morgan fingerprint density at radius 3 is 2.46 bits per heavy atom. The summed E-state index contributed by atoms with van der Waals surface area (Å²) in [6.07, 6.45) is 1.48. The van der Waals surface area contributed by atoms with Gasteiger partial charge in [-0.3, -0.25) is 9.67 Å². The van der Waals surface area contributed by atoms with E-state index in [1.165, 1.54) is 24.7 Å². The van der Waals surface area contributed by atoms with Gasteiger partial charge in [-0.2, -0.15) is 5.10 Å². The smallest absolute Gasteiger partial charge is 0.242 e. The average Bonchev–Trinajstić information content (AvgIpc) is 3.00. The van der Waals surface area contributed by atoms with Gasteiger partial charge in [-0.15, -0.1) is 24.0 Å². The molecule has 0 aliphatic heterocycles. The maximum Gasteiger partial charge on any atom is 0.242 e. The van der Waals surface area contributed by atoms with Crippen LogP contribution < -0.4 is 10.6 Å². The topological polar surface area (TPSA) is 105 Å². The number of hydrogen-bond acceptors (Lipinski definition) is 5. The van der Waals surface area contributed by atoms with Crippen molar-refractivity contribution in [2.24, 2.45) is 12.0 Å². The fraction of sp³-hybridized carbons (Fsp3) is 0.400. The molecule has 144 valence electrons. The summed E-state index contributed by atoms with van der Waals surface area (Å²) in [6.45, 7) is 0.773. The molecule has 11 heteroatoms. The van der Waals surface area contributed by atoms with Crippen molar-refractivity contribution in [2.75, 3.05) is 21.1 Å². The van der Waals surface area contributed by atoms with E-state index in [0.717, 1.165) is 5.82 Å². The van der Waals surface area contributed by atoms with Crippen molar-refractivity contribution in [1.82, 2.24) is 29.7 Å². The summed E-state index contributed by atoms with van der Waals surface area (Å²) in [4.78, 5) is 8.54. The van der Waals surface area contributed by atoms with Crippen LogP contribution >= 0.6 is 24.0 Å². The van der Waals surface area contributed by atoms with E-state index in [0.29, 0.717) is 24.6 Å². The Bertz CT molecular complexity index is 849. The first-order chi connectivity index (χ1) is 11.9. The van der Waals surface area contributed by atoms with E-state index >= 15 is 0 Å². The summed E-state index contributed by atoms with van der Waals surface area (Å²) in [6, 6.07) is 6.89. The van der Waals surface area contributed by atoms with E-state index in [9.17, 15) is 8.42 Å². The highest BCUT2D eigenvalue weighted by Crippen LogP contribution is 2.18. The largest absolute Gasteiger partial charge is 0.352 e. The van der Waals surface area contributed by atoms with E-state index < -0.39 is 10.0 Å². The zero-order valence-corrected chi connectivity index (χ0v) is 18.3. The van der Waals surface area contributed by atoms with Crippen molar-refractivity contribution >= 4 is 40.0 Å². The van der Waals surface area contributed by atoms with Crippen LogP contribution in [0.4, 0.5) is 0 Å². The fourth-order valence-electron chi connectivity index (χ4n) is 2.14. The molecule has 0 unspecified atom stereocenters. The number of guanidine groups is 1. The molecule has 2 N–H and O–H groups in total. The average molecular weight is 493 g/mol. The lowest BCUT2D eigenvalue weighted by Crippen LogP contribution is -2.37. The van der Waals surface area contributed by atoms with E-state index in [2.05, 4.69) is 25.7 Å². The molecule has 0 saturated carbocycles. The van der Waals surface area contributed by atoms with Crippen LogP contribution in [0.2, 0.25) is 0 Å². The Morgan fingerprint density at radius 1 is 1.23 bits per heavy atom. The second kappa shape index (κ2) is 9.83. The Labute approximate surface area is 171 Å². The van der Waals surface area contributed by atoms with Gasteiger partial charge in [0.15, 0.2) is 5.96 Å². The summed E-state index contributed by atoms with van der Waals surface area (Å²) in [5, 5.41) is 10.2. The highest BCUT2D eigenvalue weighted by atomic mass is 127. The van der Waals surface area contributed by atoms with Crippen molar-refractivity contribution in [3.8, 4) is 0 Å². The molecule has 0 aliphatic carbocycles. The van der Waals surface area contributed by atoms with Crippen LogP contribution in [0.25, 0.3) is 0 Å². The van der Waals surface area contributed by atoms with Crippen LogP contribution in [0.5, 0.6) is 0 Å². The number of nitrogens with zero attached hydrogens (tertiary/aromatic N) is 5. The molecule has 2 rings (SSSR count). The zero-order valence-electron chi connectivity index (χ0n) is 15.2. The van der Waals surface area contributed by atoms with E-state index in [1.807, 2.05) is 7.05 Å². The van der Waals surface area contributed by atoms with E-state index in [1.54, 1.807) is 36.0 Å². The third kappa shape index (κ3) is 5.38. The van der Waals surface area contributed by atoms with Crippen LogP contribution in [0.1, 0.15) is 11.4 Å². The molecule has 0 radical (unpaired) electrons. The van der Waals surface area contributed by atoms with Gasteiger partial charge in [0.25, 0.3) is 0 Å². The number of nitrogens with one attached hydrogen (secondary N) is 2. The predicted octanol–water partition coefficient (Wildman–Crippen LogP) is 0.549. The standard InChI is InChI=1S/C15H23N7O2S.HI/c1-16-15(18-10-14-19-11-20-22(14)4)17-9-12-7-5-6-8-13(12)25(23,24)21(2)3;/h5-8,11H,9-10H2,1-4H3,(H2,16,17,18);1H. The number of aryl methyl sites for hydroxylation is 1. The van der Waals surface area contributed by atoms with Gasteiger partial charge in [-0.25, -0.2) is 17.7 Å². The van der Waals surface area contributed by atoms with Gasteiger partial charge in [0.05, 0.1) is 11.4 Å². The van der Waals surface area contributed by atoms with E-state index in [4.69, 9.17) is 0 Å². The zero-order chi connectivity index (χ0) is 18.4. The van der Waals surface area contributed by atoms with Gasteiger partial charge < -0.3 is 10.6 Å². The van der Waals surface area contributed by atoms with Gasteiger partial charge in [0.1, 0.15) is 12.2 Å². The summed E-state index contributed by atoms with van der Waals surface area (Å²) in [5.74, 6) is 1.30. The quantitative estimate of drug-likeness (QED) is 0.346. The van der Waals surface area contributed by atoms with Crippen LogP contribution in [0, 0.1) is 0 Å². The molecule has 0 spiro atoms. The van der Waals surface area contributed by atoms with Crippen LogP contribution in [-0.4, -0.2) is 54.6 Å². The molecule has 0 bridgehead atoms. The summed E-state index contributed by atoms with van der Waals surface area (Å²) >= 11 is 0. The molecule has 0 aliphatic rings. The second-order valence-electron chi connectivity index (χ2n) is 5.47. The lowest BCUT2D eigenvalue weighted by atomic mass is 10.2. The second-order valence-corrected chi connectivity index (χ2v) is 7.59. The van der Waals surface area contributed by atoms with Crippen molar-refractivity contribution in [3.63, 3.8) is 0 Å². The lowest BCUT2D eigenvalue weighted by Gasteiger charge is -2.16. The monoisotopic (exact) mass is 493 g/mol. The third-order valence-electron chi connectivity index (χ3n) is 3.62. The van der Waals surface area contributed by atoms with Crippen molar-refractivity contribution in [3.05, 3.63) is 42.0 Å². The summed E-state index contributed by atoms with van der Waals surface area (Å²) < 4.78 is 27.7. The Hall–Kier alpha value is -1.73. The minimum absolute atomic E-state index is 0. The first kappa shape index (κ1) is 22.3. The fourth-order valence-corrected chi connectivity index (χ4v) is 3.26. The molecule has 0 atom stereocenters. The molecule has 1 aromatic heterocycles. The predicted molar refractivity (Wildman–Crippen MR) is 111 cm³/mol. The number of aliphatic imine (C=N–C) groups is 1. The lowest BCUT2D eigenvalue weighted by molar-refractivity contribution is 0.519. The molecule has 9 nitrogen and oxygen atoms in total. The number of aromatic nitrogens is 3. The molecule has 0 fully saturated rings. The number of benzene rings is 1. The van der Waals surface area contributed by atoms with Crippen molar-refractivity contribution in [2.45, 2.75) is 18.0 Å². The Kier molecular flexibility index (Phi) is 8.43. The van der Waals surface area contributed by atoms with Crippen LogP contribution in [-0.2, 0) is 30.2 Å². The summed E-state index contributed by atoms with van der Waals surface area (Å²) in [7, 11) is 2.98. The number of rotatable bonds is 6. The Morgan fingerprint density at radius 2 is 1.88 bits per heavy atom. The minimum atomic E-state index is -3.50. The van der Waals surface area contributed by atoms with Gasteiger partial charge >= 0.3 is 0 Å². The molecule has 2 aromatic rings. The van der Waals surface area contributed by atoms with E-state index in [-0.39, 0.29) is 28.9 Å². The molecule has 1 heterocycles. The van der Waals surface area contributed by atoms with Gasteiger partial charge in [-0.05, 0) is 11.6 Å². The highest BCUT2D eigenvalue weighted by Gasteiger charge is 2.20. The molecule has 26 heavy (non-hydrogen) atoms. The molecule has 0 saturated heterocycles. The summed E-state index contributed by atoms with van der Waals surface area (Å²) in [5.41, 5.74) is 0.665. The van der Waals surface area contributed by atoms with Gasteiger partial charge in [-0.1, -0.05) is 18.2 Å². The third-order valence-corrected chi connectivity index (χ3v) is 5.54. The van der Waals surface area contributed by atoms with Gasteiger partial charge in [0.2, 0.25) is 10.0 Å². The molecule has 1 aromatic carbocycles. The number of hydrogen-bond donors (Lipinski definition) is 2. The van der Waals surface area contributed by atoms with Crippen molar-refractivity contribution < 1.29 is 8.42 Å². The normalized spacial score (nSPS) is 12.0. The first-order valence-electron chi connectivity index (χ1n) is 7.64. The SMILES string of the molecule is CN=C(NCc1ccccc1S(=O)(=O)N(C)C)NCc1ncnn1C.I. The highest BCUT2D eigenvalue weighted by molar-refractivity contribution is 14.0. The maximum absolute atomic E-state index is 12.4. The molecular weight excluding hydrogens is 469 g/mol. The minimum Gasteiger partial charge on any atom is -0.352 e. The maximum atomic E-state index is 12.4. The number of sulfonamides is 1. The Balaban J connectivity index is 0.00000338. The molecular formula is C15H24IN7O2S.